The standard InChI is InChI=1S/C23H21Cl2FN2O2S/c1-11(2)18-19(21(29)30)31-22-27-23(4,13-5-7-14(24)8-6-13)20(28(18)22)15-10-17(26)16(25)9-12(15)3/h5-11,20H,1-4H3,(H,29,30). The zero-order chi connectivity index (χ0) is 22.7. The number of carboxylic acids is 1. The fraction of sp³-hybridized carbons (Fsp3) is 0.304. The Labute approximate surface area is 194 Å². The van der Waals surface area contributed by atoms with Crippen molar-refractivity contribution in [2.45, 2.75) is 39.3 Å². The number of aryl methyl sites for hydroxylation is 1. The lowest BCUT2D eigenvalue weighted by Crippen LogP contribution is -2.36. The number of hydrogen-bond acceptors (Lipinski definition) is 4. The van der Waals surface area contributed by atoms with E-state index >= 15 is 0 Å². The second-order valence-corrected chi connectivity index (χ2v) is 10.0. The molecular weight excluding hydrogens is 458 g/mol. The lowest BCUT2D eigenvalue weighted by atomic mass is 9.79. The smallest absolute Gasteiger partial charge is 0.344 e. The average molecular weight is 479 g/mol. The fourth-order valence-corrected chi connectivity index (χ4v) is 5.93. The highest BCUT2D eigenvalue weighted by Gasteiger charge is 2.53. The van der Waals surface area contributed by atoms with Crippen LogP contribution in [-0.2, 0) is 10.3 Å². The molecule has 2 aromatic carbocycles. The lowest BCUT2D eigenvalue weighted by molar-refractivity contribution is -0.131. The SMILES string of the molecule is Cc1cc(Cl)c(F)cc1C1N2C(=NC1(C)c1ccc(Cl)cc1)SC(C(=O)O)=C2C(C)C. The largest absolute Gasteiger partial charge is 0.477 e. The molecule has 0 spiro atoms. The van der Waals surface area contributed by atoms with Crippen LogP contribution in [0.1, 0.15) is 43.5 Å². The highest BCUT2D eigenvalue weighted by molar-refractivity contribution is 8.18. The molecule has 2 heterocycles. The van der Waals surface area contributed by atoms with Crippen LogP contribution in [0.15, 0.2) is 52.0 Å². The summed E-state index contributed by atoms with van der Waals surface area (Å²) in [5, 5.41) is 11.1. The van der Waals surface area contributed by atoms with Gasteiger partial charge < -0.3 is 10.0 Å². The molecule has 2 unspecified atom stereocenters. The van der Waals surface area contributed by atoms with Crippen LogP contribution < -0.4 is 0 Å². The van der Waals surface area contributed by atoms with Gasteiger partial charge in [0.25, 0.3) is 0 Å². The Morgan fingerprint density at radius 2 is 1.90 bits per heavy atom. The first-order chi connectivity index (χ1) is 14.5. The summed E-state index contributed by atoms with van der Waals surface area (Å²) in [7, 11) is 0. The van der Waals surface area contributed by atoms with E-state index in [9.17, 15) is 14.3 Å². The molecule has 31 heavy (non-hydrogen) atoms. The van der Waals surface area contributed by atoms with Crippen LogP contribution in [-0.4, -0.2) is 21.1 Å². The number of halogens is 3. The molecule has 4 nitrogen and oxygen atoms in total. The molecule has 4 rings (SSSR count). The molecule has 8 heteroatoms. The predicted octanol–water partition coefficient (Wildman–Crippen LogP) is 6.77. The van der Waals surface area contributed by atoms with Crippen molar-refractivity contribution in [3.8, 4) is 0 Å². The van der Waals surface area contributed by atoms with E-state index in [2.05, 4.69) is 0 Å². The summed E-state index contributed by atoms with van der Waals surface area (Å²) < 4.78 is 14.6. The second kappa shape index (κ2) is 7.84. The van der Waals surface area contributed by atoms with E-state index in [0.29, 0.717) is 21.5 Å². The summed E-state index contributed by atoms with van der Waals surface area (Å²) >= 11 is 13.3. The number of thioether (sulfide) groups is 1. The number of allylic oxidation sites excluding steroid dienone is 1. The van der Waals surface area contributed by atoms with Crippen LogP contribution >= 0.6 is 35.0 Å². The van der Waals surface area contributed by atoms with Crippen LogP contribution in [0.5, 0.6) is 0 Å². The Hall–Kier alpha value is -2.02. The number of rotatable bonds is 4. The van der Waals surface area contributed by atoms with Crippen molar-refractivity contribution < 1.29 is 14.3 Å². The van der Waals surface area contributed by atoms with Gasteiger partial charge in [0.2, 0.25) is 0 Å². The number of hydrogen-bond donors (Lipinski definition) is 1. The number of benzene rings is 2. The molecule has 0 radical (unpaired) electrons. The van der Waals surface area contributed by atoms with Gasteiger partial charge in [0, 0.05) is 10.7 Å². The van der Waals surface area contributed by atoms with E-state index in [1.165, 1.54) is 6.07 Å². The van der Waals surface area contributed by atoms with Gasteiger partial charge in [-0.05, 0) is 72.5 Å². The fourth-order valence-electron chi connectivity index (χ4n) is 4.34. The average Bonchev–Trinajstić information content (AvgIpc) is 3.18. The van der Waals surface area contributed by atoms with Crippen molar-refractivity contribution in [2.24, 2.45) is 10.9 Å². The minimum absolute atomic E-state index is 0.0511. The minimum atomic E-state index is -0.989. The molecule has 0 amide bonds. The summed E-state index contributed by atoms with van der Waals surface area (Å²) in [6.45, 7) is 7.76. The van der Waals surface area contributed by atoms with Crippen molar-refractivity contribution in [1.29, 1.82) is 0 Å². The van der Waals surface area contributed by atoms with Gasteiger partial charge in [0.1, 0.15) is 16.3 Å². The number of fused-ring (bicyclic) bond motifs is 1. The van der Waals surface area contributed by atoms with Gasteiger partial charge in [0.05, 0.1) is 11.1 Å². The maximum atomic E-state index is 14.6. The van der Waals surface area contributed by atoms with E-state index < -0.39 is 23.4 Å². The zero-order valence-corrected chi connectivity index (χ0v) is 19.7. The number of amidine groups is 1. The van der Waals surface area contributed by atoms with Gasteiger partial charge in [-0.15, -0.1) is 0 Å². The summed E-state index contributed by atoms with van der Waals surface area (Å²) in [4.78, 5) is 19.2. The molecule has 2 atom stereocenters. The van der Waals surface area contributed by atoms with Crippen LogP contribution in [0.4, 0.5) is 4.39 Å². The van der Waals surface area contributed by atoms with E-state index in [1.807, 2.05) is 44.7 Å². The van der Waals surface area contributed by atoms with Crippen LogP contribution in [0.3, 0.4) is 0 Å². The Balaban J connectivity index is 1.98. The minimum Gasteiger partial charge on any atom is -0.477 e. The highest BCUT2D eigenvalue weighted by atomic mass is 35.5. The number of carbonyl (C=O) groups is 1. The molecular formula is C23H21Cl2FN2O2S. The van der Waals surface area contributed by atoms with Crippen molar-refractivity contribution >= 4 is 46.1 Å². The van der Waals surface area contributed by atoms with Crippen LogP contribution in [0.2, 0.25) is 10.0 Å². The molecule has 162 valence electrons. The first kappa shape index (κ1) is 22.2. The van der Waals surface area contributed by atoms with E-state index in [-0.39, 0.29) is 15.8 Å². The van der Waals surface area contributed by atoms with Gasteiger partial charge in [0.15, 0.2) is 5.17 Å². The van der Waals surface area contributed by atoms with Gasteiger partial charge in [-0.25, -0.2) is 14.2 Å². The van der Waals surface area contributed by atoms with Crippen molar-refractivity contribution in [3.63, 3.8) is 0 Å². The van der Waals surface area contributed by atoms with Gasteiger partial charge in [-0.3, -0.25) is 0 Å². The Morgan fingerprint density at radius 1 is 1.26 bits per heavy atom. The molecule has 0 bridgehead atoms. The summed E-state index contributed by atoms with van der Waals surface area (Å²) in [5.41, 5.74) is 2.31. The van der Waals surface area contributed by atoms with Gasteiger partial charge >= 0.3 is 5.97 Å². The maximum Gasteiger partial charge on any atom is 0.344 e. The molecule has 0 saturated carbocycles. The first-order valence-electron chi connectivity index (χ1n) is 9.80. The van der Waals surface area contributed by atoms with Gasteiger partial charge in [-0.2, -0.15) is 0 Å². The normalized spacial score (nSPS) is 22.9. The number of aliphatic carboxylic acids is 1. The lowest BCUT2D eigenvalue weighted by Gasteiger charge is -2.37. The quantitative estimate of drug-likeness (QED) is 0.526. The van der Waals surface area contributed by atoms with Crippen molar-refractivity contribution in [1.82, 2.24) is 4.90 Å². The van der Waals surface area contributed by atoms with E-state index in [0.717, 1.165) is 22.9 Å². The molecule has 0 fully saturated rings. The van der Waals surface area contributed by atoms with Crippen LogP contribution in [0.25, 0.3) is 0 Å². The predicted molar refractivity (Wildman–Crippen MR) is 124 cm³/mol. The number of nitrogens with zero attached hydrogens (tertiary/aromatic N) is 2. The molecule has 0 saturated heterocycles. The topological polar surface area (TPSA) is 52.9 Å². The van der Waals surface area contributed by atoms with E-state index in [1.54, 1.807) is 18.2 Å². The Bertz CT molecular complexity index is 1150. The molecule has 1 N–H and O–H groups in total. The zero-order valence-electron chi connectivity index (χ0n) is 17.4. The highest BCUT2D eigenvalue weighted by Crippen LogP contribution is 2.56. The number of carboxylic acid groups (broad SMARTS) is 1. The Morgan fingerprint density at radius 3 is 2.48 bits per heavy atom. The summed E-state index contributed by atoms with van der Waals surface area (Å²) in [5.74, 6) is -1.58. The number of aliphatic imine (C=N–C) groups is 1. The third kappa shape index (κ3) is 3.55. The van der Waals surface area contributed by atoms with E-state index in [4.69, 9.17) is 28.2 Å². The van der Waals surface area contributed by atoms with Crippen molar-refractivity contribution in [2.75, 3.05) is 0 Å². The molecule has 2 aliphatic heterocycles. The summed E-state index contributed by atoms with van der Waals surface area (Å²) in [6, 6.07) is 10.0. The third-order valence-electron chi connectivity index (χ3n) is 5.78. The molecule has 2 aliphatic rings. The van der Waals surface area contributed by atoms with Gasteiger partial charge in [-0.1, -0.05) is 49.2 Å². The van der Waals surface area contributed by atoms with Crippen LogP contribution in [0, 0.1) is 18.7 Å². The second-order valence-electron chi connectivity index (χ2n) is 8.22. The first-order valence-corrected chi connectivity index (χ1v) is 11.4. The van der Waals surface area contributed by atoms with Crippen molar-refractivity contribution in [3.05, 3.63) is 79.6 Å². The third-order valence-corrected chi connectivity index (χ3v) is 7.38. The molecule has 2 aromatic rings. The monoisotopic (exact) mass is 478 g/mol. The maximum absolute atomic E-state index is 14.6. The Kier molecular flexibility index (Phi) is 5.61. The molecule has 0 aromatic heterocycles. The summed E-state index contributed by atoms with van der Waals surface area (Å²) in [6.07, 6.45) is 0. The molecule has 0 aliphatic carbocycles.